The van der Waals surface area contributed by atoms with Crippen LogP contribution in [0.2, 0.25) is 0 Å². The van der Waals surface area contributed by atoms with Gasteiger partial charge in [0, 0.05) is 18.7 Å². The van der Waals surface area contributed by atoms with Crippen LogP contribution in [0.15, 0.2) is 24.3 Å². The summed E-state index contributed by atoms with van der Waals surface area (Å²) in [5, 5.41) is 0. The lowest BCUT2D eigenvalue weighted by Crippen LogP contribution is -2.30. The molecule has 0 bridgehead atoms. The number of benzene rings is 1. The van der Waals surface area contributed by atoms with Gasteiger partial charge in [0.05, 0.1) is 6.61 Å². The summed E-state index contributed by atoms with van der Waals surface area (Å²) in [6.07, 6.45) is 2.26. The molecular weight excluding hydrogens is 280 g/mol. The maximum atomic E-state index is 5.78. The first-order valence-corrected chi connectivity index (χ1v) is 8.22. The molecule has 0 aliphatic heterocycles. The Morgan fingerprint density at radius 1 is 1.38 bits per heavy atom. The van der Waals surface area contributed by atoms with E-state index in [1.807, 2.05) is 24.3 Å². The molecule has 1 atom stereocenters. The molecule has 0 aliphatic carbocycles. The van der Waals surface area contributed by atoms with Crippen LogP contribution in [-0.2, 0) is 0 Å². The monoisotopic (exact) mass is 308 g/mol. The third-order valence-electron chi connectivity index (χ3n) is 3.72. The van der Waals surface area contributed by atoms with Crippen molar-refractivity contribution in [3.8, 4) is 5.75 Å². The van der Waals surface area contributed by atoms with Gasteiger partial charge in [-0.25, -0.2) is 0 Å². The topological polar surface area (TPSA) is 38.5 Å². The summed E-state index contributed by atoms with van der Waals surface area (Å²) in [6.45, 7) is 10.8. The van der Waals surface area contributed by atoms with Gasteiger partial charge in [0.1, 0.15) is 10.7 Å². The first-order chi connectivity index (χ1) is 10.1. The summed E-state index contributed by atoms with van der Waals surface area (Å²) < 4.78 is 5.78. The molecule has 0 fully saturated rings. The van der Waals surface area contributed by atoms with E-state index in [4.69, 9.17) is 22.7 Å². The number of nitrogens with two attached hydrogens (primary N) is 1. The predicted octanol–water partition coefficient (Wildman–Crippen LogP) is 3.46. The van der Waals surface area contributed by atoms with E-state index >= 15 is 0 Å². The zero-order chi connectivity index (χ0) is 15.7. The second-order valence-electron chi connectivity index (χ2n) is 5.50. The molecule has 0 saturated heterocycles. The molecule has 0 heterocycles. The smallest absolute Gasteiger partial charge is 0.119 e. The van der Waals surface area contributed by atoms with Crippen molar-refractivity contribution in [3.63, 3.8) is 0 Å². The highest BCUT2D eigenvalue weighted by Crippen LogP contribution is 2.13. The van der Waals surface area contributed by atoms with Gasteiger partial charge >= 0.3 is 0 Å². The molecule has 1 aromatic rings. The van der Waals surface area contributed by atoms with Gasteiger partial charge in [-0.05, 0) is 31.0 Å². The van der Waals surface area contributed by atoms with Crippen LogP contribution in [0.5, 0.6) is 5.75 Å². The van der Waals surface area contributed by atoms with E-state index in [1.165, 1.54) is 13.0 Å². The van der Waals surface area contributed by atoms with Crippen molar-refractivity contribution in [1.29, 1.82) is 0 Å². The SMILES string of the molecule is CCC(C)CN(CC)CCCOc1cccc(C(N)=S)c1. The third kappa shape index (κ3) is 6.91. The minimum absolute atomic E-state index is 0.408. The zero-order valence-electron chi connectivity index (χ0n) is 13.5. The van der Waals surface area contributed by atoms with E-state index in [0.29, 0.717) is 4.99 Å². The molecule has 118 valence electrons. The zero-order valence-corrected chi connectivity index (χ0v) is 14.3. The first-order valence-electron chi connectivity index (χ1n) is 7.81. The standard InChI is InChI=1S/C17H28N2OS/c1-4-14(3)13-19(5-2)10-7-11-20-16-9-6-8-15(12-16)17(18)21/h6,8-9,12,14H,4-5,7,10-11,13H2,1-3H3,(H2,18,21). The molecule has 0 spiro atoms. The fraction of sp³-hybridized carbons (Fsp3) is 0.588. The molecular formula is C17H28N2OS. The number of thiocarbonyl (C=S) groups is 1. The Morgan fingerprint density at radius 3 is 2.76 bits per heavy atom. The molecule has 4 heteroatoms. The average Bonchev–Trinajstić information content (AvgIpc) is 2.50. The Kier molecular flexibility index (Phi) is 8.31. The lowest BCUT2D eigenvalue weighted by molar-refractivity contribution is 0.217. The van der Waals surface area contributed by atoms with Crippen LogP contribution in [0.3, 0.4) is 0 Å². The molecule has 0 aliphatic rings. The maximum absolute atomic E-state index is 5.78. The largest absolute Gasteiger partial charge is 0.494 e. The highest BCUT2D eigenvalue weighted by atomic mass is 32.1. The van der Waals surface area contributed by atoms with Gasteiger partial charge in [0.15, 0.2) is 0 Å². The van der Waals surface area contributed by atoms with Crippen molar-refractivity contribution < 1.29 is 4.74 Å². The van der Waals surface area contributed by atoms with Crippen LogP contribution in [0.1, 0.15) is 39.2 Å². The minimum atomic E-state index is 0.408. The maximum Gasteiger partial charge on any atom is 0.119 e. The summed E-state index contributed by atoms with van der Waals surface area (Å²) in [4.78, 5) is 2.90. The molecule has 1 rings (SSSR count). The Hall–Kier alpha value is -1.13. The fourth-order valence-corrected chi connectivity index (χ4v) is 2.29. The summed E-state index contributed by atoms with van der Waals surface area (Å²) in [6, 6.07) is 7.67. The Balaban J connectivity index is 2.33. The lowest BCUT2D eigenvalue weighted by Gasteiger charge is -2.23. The van der Waals surface area contributed by atoms with E-state index in [0.717, 1.165) is 43.3 Å². The van der Waals surface area contributed by atoms with Crippen LogP contribution in [0.4, 0.5) is 0 Å². The number of ether oxygens (including phenoxy) is 1. The quantitative estimate of drug-likeness (QED) is 0.531. The summed E-state index contributed by atoms with van der Waals surface area (Å²) >= 11 is 4.97. The second kappa shape index (κ2) is 9.74. The molecule has 0 aromatic heterocycles. The van der Waals surface area contributed by atoms with Gasteiger partial charge in [-0.3, -0.25) is 0 Å². The van der Waals surface area contributed by atoms with Crippen LogP contribution < -0.4 is 10.5 Å². The number of hydrogen-bond donors (Lipinski definition) is 1. The minimum Gasteiger partial charge on any atom is -0.494 e. The van der Waals surface area contributed by atoms with Gasteiger partial charge in [0.25, 0.3) is 0 Å². The molecule has 1 unspecified atom stereocenters. The van der Waals surface area contributed by atoms with Crippen molar-refractivity contribution in [1.82, 2.24) is 4.90 Å². The molecule has 21 heavy (non-hydrogen) atoms. The van der Waals surface area contributed by atoms with E-state index in [1.54, 1.807) is 0 Å². The number of hydrogen-bond acceptors (Lipinski definition) is 3. The van der Waals surface area contributed by atoms with Gasteiger partial charge in [0.2, 0.25) is 0 Å². The lowest BCUT2D eigenvalue weighted by atomic mass is 10.1. The summed E-state index contributed by atoms with van der Waals surface area (Å²) in [5.41, 5.74) is 6.48. The van der Waals surface area contributed by atoms with Crippen molar-refractivity contribution in [2.45, 2.75) is 33.6 Å². The van der Waals surface area contributed by atoms with E-state index in [2.05, 4.69) is 25.7 Å². The summed E-state index contributed by atoms with van der Waals surface area (Å²) in [7, 11) is 0. The van der Waals surface area contributed by atoms with Crippen LogP contribution in [-0.4, -0.2) is 36.1 Å². The number of rotatable bonds is 10. The van der Waals surface area contributed by atoms with Crippen molar-refractivity contribution in [3.05, 3.63) is 29.8 Å². The summed E-state index contributed by atoms with van der Waals surface area (Å²) in [5.74, 6) is 1.60. The van der Waals surface area contributed by atoms with Crippen molar-refractivity contribution in [2.75, 3.05) is 26.2 Å². The number of nitrogens with zero attached hydrogens (tertiary/aromatic N) is 1. The Labute approximate surface area is 134 Å². The predicted molar refractivity (Wildman–Crippen MR) is 94.0 cm³/mol. The van der Waals surface area contributed by atoms with E-state index in [-0.39, 0.29) is 0 Å². The van der Waals surface area contributed by atoms with Crippen LogP contribution in [0, 0.1) is 5.92 Å². The highest BCUT2D eigenvalue weighted by Gasteiger charge is 2.07. The second-order valence-corrected chi connectivity index (χ2v) is 5.94. The van der Waals surface area contributed by atoms with Gasteiger partial charge in [-0.1, -0.05) is 51.5 Å². The Morgan fingerprint density at radius 2 is 2.14 bits per heavy atom. The molecule has 0 saturated carbocycles. The molecule has 0 radical (unpaired) electrons. The fourth-order valence-electron chi connectivity index (χ4n) is 2.17. The van der Waals surface area contributed by atoms with Gasteiger partial charge < -0.3 is 15.4 Å². The van der Waals surface area contributed by atoms with E-state index < -0.39 is 0 Å². The van der Waals surface area contributed by atoms with Gasteiger partial charge in [-0.2, -0.15) is 0 Å². The third-order valence-corrected chi connectivity index (χ3v) is 3.96. The van der Waals surface area contributed by atoms with Crippen molar-refractivity contribution in [2.24, 2.45) is 11.7 Å². The highest BCUT2D eigenvalue weighted by molar-refractivity contribution is 7.80. The van der Waals surface area contributed by atoms with Crippen LogP contribution in [0.25, 0.3) is 0 Å². The van der Waals surface area contributed by atoms with Crippen LogP contribution >= 0.6 is 12.2 Å². The molecule has 3 nitrogen and oxygen atoms in total. The van der Waals surface area contributed by atoms with Gasteiger partial charge in [-0.15, -0.1) is 0 Å². The average molecular weight is 308 g/mol. The first kappa shape index (κ1) is 17.9. The van der Waals surface area contributed by atoms with E-state index in [9.17, 15) is 0 Å². The Bertz CT molecular complexity index is 437. The normalized spacial score (nSPS) is 12.4. The molecule has 0 amide bonds. The van der Waals surface area contributed by atoms with Crippen molar-refractivity contribution >= 4 is 17.2 Å². The molecule has 1 aromatic carbocycles. The molecule has 2 N–H and O–H groups in total.